The van der Waals surface area contributed by atoms with Crippen LogP contribution < -0.4 is 5.32 Å². The summed E-state index contributed by atoms with van der Waals surface area (Å²) >= 11 is 0. The van der Waals surface area contributed by atoms with Crippen molar-refractivity contribution in [3.8, 4) is 0 Å². The van der Waals surface area contributed by atoms with Crippen molar-refractivity contribution in [2.75, 3.05) is 5.32 Å². The molecule has 17 heavy (non-hydrogen) atoms. The molecule has 1 unspecified atom stereocenters. The maximum Gasteiger partial charge on any atom is 0.232 e. The topological polar surface area (TPSA) is 57.8 Å². The van der Waals surface area contributed by atoms with Crippen LogP contribution in [0.2, 0.25) is 0 Å². The molecule has 88 valence electrons. The maximum absolute atomic E-state index is 12.0. The van der Waals surface area contributed by atoms with Gasteiger partial charge in [-0.3, -0.25) is 9.89 Å². The molecule has 2 N–H and O–H groups in total. The molecule has 0 spiro atoms. The molecule has 2 aromatic rings. The Labute approximate surface area is 100 Å². The van der Waals surface area contributed by atoms with Gasteiger partial charge in [-0.2, -0.15) is 5.10 Å². The third-order valence-electron chi connectivity index (χ3n) is 2.65. The van der Waals surface area contributed by atoms with Gasteiger partial charge in [0.1, 0.15) is 0 Å². The zero-order chi connectivity index (χ0) is 12.3. The highest BCUT2D eigenvalue weighted by atomic mass is 16.1. The van der Waals surface area contributed by atoms with Gasteiger partial charge in [-0.1, -0.05) is 30.3 Å². The second-order valence-electron chi connectivity index (χ2n) is 4.06. The Morgan fingerprint density at radius 1 is 1.35 bits per heavy atom. The number of anilines is 1. The summed E-state index contributed by atoms with van der Waals surface area (Å²) in [5.74, 6) is 0.325. The number of hydrogen-bond donors (Lipinski definition) is 2. The Morgan fingerprint density at radius 3 is 2.65 bits per heavy atom. The van der Waals surface area contributed by atoms with Gasteiger partial charge in [0.05, 0.1) is 5.92 Å². The molecule has 1 heterocycles. The van der Waals surface area contributed by atoms with Gasteiger partial charge in [0.15, 0.2) is 5.82 Å². The van der Waals surface area contributed by atoms with Crippen molar-refractivity contribution in [1.29, 1.82) is 0 Å². The lowest BCUT2D eigenvalue weighted by atomic mass is 10.0. The first kappa shape index (κ1) is 11.4. The summed E-state index contributed by atoms with van der Waals surface area (Å²) in [7, 11) is 0. The molecule has 4 heteroatoms. The van der Waals surface area contributed by atoms with Crippen LogP contribution in [0.5, 0.6) is 0 Å². The van der Waals surface area contributed by atoms with Gasteiger partial charge < -0.3 is 5.32 Å². The van der Waals surface area contributed by atoms with Crippen molar-refractivity contribution >= 4 is 11.7 Å². The minimum atomic E-state index is -0.187. The quantitative estimate of drug-likeness (QED) is 0.849. The molecule has 0 saturated carbocycles. The smallest absolute Gasteiger partial charge is 0.232 e. The van der Waals surface area contributed by atoms with E-state index in [1.165, 1.54) is 0 Å². The molecule has 1 atom stereocenters. The number of aromatic nitrogens is 2. The lowest BCUT2D eigenvalue weighted by molar-refractivity contribution is -0.117. The predicted octanol–water partition coefficient (Wildman–Crippen LogP) is 2.46. The summed E-state index contributed by atoms with van der Waals surface area (Å²) in [4.78, 5) is 12.0. The van der Waals surface area contributed by atoms with E-state index >= 15 is 0 Å². The second-order valence-corrected chi connectivity index (χ2v) is 4.06. The van der Waals surface area contributed by atoms with Crippen molar-refractivity contribution < 1.29 is 4.79 Å². The molecule has 0 aliphatic carbocycles. The summed E-state index contributed by atoms with van der Waals surface area (Å²) in [5.41, 5.74) is 1.92. The highest BCUT2D eigenvalue weighted by Gasteiger charge is 2.15. The highest BCUT2D eigenvalue weighted by Crippen LogP contribution is 2.16. The van der Waals surface area contributed by atoms with E-state index in [2.05, 4.69) is 15.5 Å². The van der Waals surface area contributed by atoms with Gasteiger partial charge in [-0.25, -0.2) is 0 Å². The van der Waals surface area contributed by atoms with Crippen molar-refractivity contribution in [3.63, 3.8) is 0 Å². The summed E-state index contributed by atoms with van der Waals surface area (Å²) in [6, 6.07) is 11.5. The van der Waals surface area contributed by atoms with Crippen molar-refractivity contribution in [2.24, 2.45) is 0 Å². The summed E-state index contributed by atoms with van der Waals surface area (Å²) < 4.78 is 0. The molecule has 0 aliphatic heterocycles. The van der Waals surface area contributed by atoms with E-state index in [0.29, 0.717) is 5.82 Å². The molecule has 0 aliphatic rings. The van der Waals surface area contributed by atoms with Gasteiger partial charge >= 0.3 is 0 Å². The number of aryl methyl sites for hydroxylation is 1. The minimum absolute atomic E-state index is 0.0531. The molecule has 0 radical (unpaired) electrons. The average molecular weight is 229 g/mol. The van der Waals surface area contributed by atoms with Gasteiger partial charge in [-0.05, 0) is 19.4 Å². The molecule has 1 amide bonds. The summed E-state index contributed by atoms with van der Waals surface area (Å²) in [6.45, 7) is 3.77. The maximum atomic E-state index is 12.0. The first-order valence-corrected chi connectivity index (χ1v) is 5.54. The zero-order valence-electron chi connectivity index (χ0n) is 9.90. The lowest BCUT2D eigenvalue weighted by Gasteiger charge is -2.10. The second kappa shape index (κ2) is 4.82. The number of carbonyl (C=O) groups excluding carboxylic acids is 1. The Hall–Kier alpha value is -2.10. The van der Waals surface area contributed by atoms with Crippen LogP contribution in [0.15, 0.2) is 36.4 Å². The highest BCUT2D eigenvalue weighted by molar-refractivity contribution is 5.94. The van der Waals surface area contributed by atoms with Crippen LogP contribution >= 0.6 is 0 Å². The molecule has 0 saturated heterocycles. The van der Waals surface area contributed by atoms with Crippen molar-refractivity contribution in [3.05, 3.63) is 47.7 Å². The van der Waals surface area contributed by atoms with Crippen LogP contribution in [0, 0.1) is 6.92 Å². The number of nitrogens with one attached hydrogen (secondary N) is 2. The van der Waals surface area contributed by atoms with Crippen LogP contribution in [0.25, 0.3) is 0 Å². The van der Waals surface area contributed by atoms with Crippen LogP contribution in [0.3, 0.4) is 0 Å². The van der Waals surface area contributed by atoms with Gasteiger partial charge in [0, 0.05) is 11.8 Å². The summed E-state index contributed by atoms with van der Waals surface area (Å²) in [6.07, 6.45) is 0. The molecular formula is C13H15N3O. The fraction of sp³-hybridized carbons (Fsp3) is 0.231. The van der Waals surface area contributed by atoms with Crippen LogP contribution in [-0.2, 0) is 4.79 Å². The molecule has 1 aromatic carbocycles. The standard InChI is InChI=1S/C13H15N3O/c1-9-8-12(16-15-9)14-13(17)10(2)11-6-4-3-5-7-11/h3-8,10H,1-2H3,(H2,14,15,16,17). The van der Waals surface area contributed by atoms with Crippen molar-refractivity contribution in [2.45, 2.75) is 19.8 Å². The lowest BCUT2D eigenvalue weighted by Crippen LogP contribution is -2.18. The first-order valence-electron chi connectivity index (χ1n) is 5.54. The van der Waals surface area contributed by atoms with Gasteiger partial charge in [-0.15, -0.1) is 0 Å². The summed E-state index contributed by atoms with van der Waals surface area (Å²) in [5, 5.41) is 9.54. The number of benzene rings is 1. The fourth-order valence-electron chi connectivity index (χ4n) is 1.61. The largest absolute Gasteiger partial charge is 0.309 e. The third-order valence-corrected chi connectivity index (χ3v) is 2.65. The van der Waals surface area contributed by atoms with E-state index in [-0.39, 0.29) is 11.8 Å². The van der Waals surface area contributed by atoms with E-state index in [0.717, 1.165) is 11.3 Å². The van der Waals surface area contributed by atoms with E-state index in [1.807, 2.05) is 44.2 Å². The molecular weight excluding hydrogens is 214 g/mol. The number of nitrogens with zero attached hydrogens (tertiary/aromatic N) is 1. The zero-order valence-corrected chi connectivity index (χ0v) is 9.90. The van der Waals surface area contributed by atoms with Gasteiger partial charge in [0.2, 0.25) is 5.91 Å². The average Bonchev–Trinajstić information content (AvgIpc) is 2.75. The van der Waals surface area contributed by atoms with Crippen LogP contribution in [0.4, 0.5) is 5.82 Å². The number of H-pyrrole nitrogens is 1. The van der Waals surface area contributed by atoms with Gasteiger partial charge in [0.25, 0.3) is 0 Å². The number of amides is 1. The molecule has 0 fully saturated rings. The molecule has 2 rings (SSSR count). The SMILES string of the molecule is Cc1cc(NC(=O)C(C)c2ccccc2)n[nH]1. The Balaban J connectivity index is 2.06. The van der Waals surface area contributed by atoms with Crippen molar-refractivity contribution in [1.82, 2.24) is 10.2 Å². The Bertz CT molecular complexity index is 504. The van der Waals surface area contributed by atoms with E-state index in [4.69, 9.17) is 0 Å². The minimum Gasteiger partial charge on any atom is -0.309 e. The number of carbonyl (C=O) groups is 1. The van der Waals surface area contributed by atoms with E-state index in [1.54, 1.807) is 6.07 Å². The first-order chi connectivity index (χ1) is 8.16. The third kappa shape index (κ3) is 2.72. The Morgan fingerprint density at radius 2 is 2.06 bits per heavy atom. The molecule has 1 aromatic heterocycles. The predicted molar refractivity (Wildman–Crippen MR) is 66.8 cm³/mol. The molecule has 0 bridgehead atoms. The normalized spacial score (nSPS) is 12.1. The Kier molecular flexibility index (Phi) is 3.23. The van der Waals surface area contributed by atoms with E-state index in [9.17, 15) is 4.79 Å². The number of rotatable bonds is 3. The van der Waals surface area contributed by atoms with Crippen LogP contribution in [-0.4, -0.2) is 16.1 Å². The number of hydrogen-bond acceptors (Lipinski definition) is 2. The van der Waals surface area contributed by atoms with Crippen LogP contribution in [0.1, 0.15) is 24.1 Å². The fourth-order valence-corrected chi connectivity index (χ4v) is 1.61. The molecule has 4 nitrogen and oxygen atoms in total. The number of aromatic amines is 1. The van der Waals surface area contributed by atoms with E-state index < -0.39 is 0 Å². The monoisotopic (exact) mass is 229 g/mol.